The maximum atomic E-state index is 13.3. The number of nitrogens with zero attached hydrogens (tertiary/aromatic N) is 1. The molecule has 0 radical (unpaired) electrons. The molecule has 2 aromatic carbocycles. The first kappa shape index (κ1) is 27.7. The van der Waals surface area contributed by atoms with Crippen molar-refractivity contribution in [1.29, 1.82) is 0 Å². The van der Waals surface area contributed by atoms with Gasteiger partial charge in [-0.3, -0.25) is 4.79 Å². The quantitative estimate of drug-likeness (QED) is 0.331. The highest BCUT2D eigenvalue weighted by molar-refractivity contribution is 7.89. The van der Waals surface area contributed by atoms with Crippen LogP contribution >= 0.6 is 0 Å². The summed E-state index contributed by atoms with van der Waals surface area (Å²) in [5.41, 5.74) is 0.745. The molecule has 8 nitrogen and oxygen atoms in total. The number of hydrogen-bond acceptors (Lipinski definition) is 6. The third kappa shape index (κ3) is 7.80. The molecule has 2 aromatic rings. The molecule has 9 heteroatoms. The van der Waals surface area contributed by atoms with E-state index >= 15 is 0 Å². The largest absolute Gasteiger partial charge is 0.466 e. The third-order valence-corrected chi connectivity index (χ3v) is 7.85. The molecule has 1 unspecified atom stereocenters. The van der Waals surface area contributed by atoms with Crippen LogP contribution in [0.3, 0.4) is 0 Å². The minimum absolute atomic E-state index is 0.00771. The number of nitrogens with one attached hydrogen (secondary N) is 1. The highest BCUT2D eigenvalue weighted by atomic mass is 32.2. The lowest BCUT2D eigenvalue weighted by Gasteiger charge is -2.29. The standard InChI is InChI=1S/C27H36N2O6S/c1-3-5-7-10-22-13-15-24(16-14-22)36(32,33)28-27(19-25(30)34-4-2)17-18-29(21-27)26(31)35-20-23-11-8-6-9-12-23/h6,8-9,11-16,28H,3-5,7,10,17-21H2,1-2H3. The zero-order chi connectivity index (χ0) is 26.0. The van der Waals surface area contributed by atoms with Gasteiger partial charge in [0, 0.05) is 13.1 Å². The number of sulfonamides is 1. The van der Waals surface area contributed by atoms with E-state index in [0.29, 0.717) is 0 Å². The van der Waals surface area contributed by atoms with Crippen LogP contribution in [0.4, 0.5) is 4.79 Å². The van der Waals surface area contributed by atoms with Gasteiger partial charge in [-0.15, -0.1) is 0 Å². The van der Waals surface area contributed by atoms with E-state index in [9.17, 15) is 18.0 Å². The van der Waals surface area contributed by atoms with E-state index in [2.05, 4.69) is 11.6 Å². The van der Waals surface area contributed by atoms with Crippen LogP contribution in [0.25, 0.3) is 0 Å². The maximum absolute atomic E-state index is 13.3. The molecule has 1 aliphatic rings. The van der Waals surface area contributed by atoms with Gasteiger partial charge in [-0.2, -0.15) is 0 Å². The zero-order valence-corrected chi connectivity index (χ0v) is 21.9. The van der Waals surface area contributed by atoms with E-state index < -0.39 is 27.6 Å². The summed E-state index contributed by atoms with van der Waals surface area (Å²) in [4.78, 5) is 26.7. The summed E-state index contributed by atoms with van der Waals surface area (Å²) in [6, 6.07) is 16.1. The maximum Gasteiger partial charge on any atom is 0.410 e. The number of aryl methyl sites for hydroxylation is 1. The average molecular weight is 517 g/mol. The van der Waals surface area contributed by atoms with Crippen LogP contribution in [0, 0.1) is 0 Å². The van der Waals surface area contributed by atoms with E-state index in [4.69, 9.17) is 9.47 Å². The van der Waals surface area contributed by atoms with Crippen molar-refractivity contribution in [2.45, 2.75) is 69.4 Å². The first-order valence-corrected chi connectivity index (χ1v) is 14.0. The number of carbonyl (C=O) groups is 2. The van der Waals surface area contributed by atoms with E-state index in [1.54, 1.807) is 19.1 Å². The lowest BCUT2D eigenvalue weighted by atomic mass is 9.96. The first-order valence-electron chi connectivity index (χ1n) is 12.5. The number of carbonyl (C=O) groups excluding carboxylic acids is 2. The molecule has 3 rings (SSSR count). The normalized spacial score (nSPS) is 17.7. The fourth-order valence-corrected chi connectivity index (χ4v) is 5.77. The van der Waals surface area contributed by atoms with E-state index in [-0.39, 0.29) is 44.0 Å². The molecule has 1 heterocycles. The smallest absolute Gasteiger partial charge is 0.410 e. The molecule has 1 amide bonds. The minimum Gasteiger partial charge on any atom is -0.466 e. The fourth-order valence-electron chi connectivity index (χ4n) is 4.35. The Morgan fingerprint density at radius 3 is 2.36 bits per heavy atom. The van der Waals surface area contributed by atoms with Crippen LogP contribution in [0.2, 0.25) is 0 Å². The van der Waals surface area contributed by atoms with Gasteiger partial charge in [-0.25, -0.2) is 17.9 Å². The summed E-state index contributed by atoms with van der Waals surface area (Å²) >= 11 is 0. The van der Waals surface area contributed by atoms with Crippen molar-refractivity contribution < 1.29 is 27.5 Å². The molecule has 196 valence electrons. The van der Waals surface area contributed by atoms with Gasteiger partial charge in [0.05, 0.1) is 23.5 Å². The molecule has 0 aromatic heterocycles. The number of benzene rings is 2. The van der Waals surface area contributed by atoms with Gasteiger partial charge in [-0.05, 0) is 49.4 Å². The Bertz CT molecular complexity index is 1100. The van der Waals surface area contributed by atoms with E-state index in [1.165, 1.54) is 4.90 Å². The molecule has 0 aliphatic carbocycles. The van der Waals surface area contributed by atoms with Crippen LogP contribution in [0.15, 0.2) is 59.5 Å². The third-order valence-electron chi connectivity index (χ3n) is 6.26. The van der Waals surface area contributed by atoms with Gasteiger partial charge in [0.15, 0.2) is 0 Å². The van der Waals surface area contributed by atoms with Gasteiger partial charge >= 0.3 is 12.1 Å². The highest BCUT2D eigenvalue weighted by Crippen LogP contribution is 2.29. The Kier molecular flexibility index (Phi) is 9.89. The zero-order valence-electron chi connectivity index (χ0n) is 21.1. The minimum atomic E-state index is -3.95. The van der Waals surface area contributed by atoms with Gasteiger partial charge in [0.2, 0.25) is 10.0 Å². The first-order chi connectivity index (χ1) is 17.3. The Morgan fingerprint density at radius 2 is 1.69 bits per heavy atom. The number of rotatable bonds is 12. The topological polar surface area (TPSA) is 102 Å². The van der Waals surface area contributed by atoms with Crippen molar-refractivity contribution in [3.05, 3.63) is 65.7 Å². The summed E-state index contributed by atoms with van der Waals surface area (Å²) < 4.78 is 39.8. The molecule has 1 aliphatic heterocycles. The van der Waals surface area contributed by atoms with Crippen LogP contribution in [0.1, 0.15) is 57.1 Å². The molecular weight excluding hydrogens is 480 g/mol. The summed E-state index contributed by atoms with van der Waals surface area (Å²) in [7, 11) is -3.95. The Balaban J connectivity index is 1.71. The molecule has 1 saturated heterocycles. The van der Waals surface area contributed by atoms with Crippen molar-refractivity contribution in [3.8, 4) is 0 Å². The SMILES string of the molecule is CCCCCc1ccc(S(=O)(=O)NC2(CC(=O)OCC)CCN(C(=O)OCc3ccccc3)C2)cc1. The molecule has 0 saturated carbocycles. The number of likely N-dealkylation sites (tertiary alicyclic amines) is 1. The summed E-state index contributed by atoms with van der Waals surface area (Å²) in [5, 5.41) is 0. The molecular formula is C27H36N2O6S. The van der Waals surface area contributed by atoms with Gasteiger partial charge in [-0.1, -0.05) is 62.2 Å². The molecule has 0 bridgehead atoms. The summed E-state index contributed by atoms with van der Waals surface area (Å²) in [5.74, 6) is -0.522. The number of esters is 1. The summed E-state index contributed by atoms with van der Waals surface area (Å²) in [6.07, 6.45) is 3.73. The molecule has 36 heavy (non-hydrogen) atoms. The van der Waals surface area contributed by atoms with Crippen LogP contribution in [-0.2, 0) is 37.3 Å². The Hall–Kier alpha value is -2.91. The van der Waals surface area contributed by atoms with E-state index in [0.717, 1.165) is 36.8 Å². The predicted molar refractivity (Wildman–Crippen MR) is 137 cm³/mol. The van der Waals surface area contributed by atoms with Crippen molar-refractivity contribution in [2.75, 3.05) is 19.7 Å². The fraction of sp³-hybridized carbons (Fsp3) is 0.481. The van der Waals surface area contributed by atoms with Crippen molar-refractivity contribution in [2.24, 2.45) is 0 Å². The van der Waals surface area contributed by atoms with Crippen molar-refractivity contribution in [1.82, 2.24) is 9.62 Å². The number of ether oxygens (including phenoxy) is 2. The lowest BCUT2D eigenvalue weighted by molar-refractivity contribution is -0.144. The lowest BCUT2D eigenvalue weighted by Crippen LogP contribution is -2.52. The van der Waals surface area contributed by atoms with E-state index in [1.807, 2.05) is 42.5 Å². The molecule has 1 atom stereocenters. The molecule has 0 spiro atoms. The van der Waals surface area contributed by atoms with Crippen molar-refractivity contribution in [3.63, 3.8) is 0 Å². The molecule has 1 N–H and O–H groups in total. The van der Waals surface area contributed by atoms with Crippen LogP contribution in [0.5, 0.6) is 0 Å². The number of amides is 1. The second-order valence-electron chi connectivity index (χ2n) is 9.18. The Labute approximate surface area is 214 Å². The number of hydrogen-bond donors (Lipinski definition) is 1. The van der Waals surface area contributed by atoms with Crippen LogP contribution < -0.4 is 4.72 Å². The second-order valence-corrected chi connectivity index (χ2v) is 10.9. The van der Waals surface area contributed by atoms with Gasteiger partial charge < -0.3 is 14.4 Å². The molecule has 1 fully saturated rings. The van der Waals surface area contributed by atoms with Crippen LogP contribution in [-0.4, -0.2) is 50.6 Å². The average Bonchev–Trinajstić information content (AvgIpc) is 3.26. The predicted octanol–water partition coefficient (Wildman–Crippen LogP) is 4.43. The Morgan fingerprint density at radius 1 is 0.972 bits per heavy atom. The monoisotopic (exact) mass is 516 g/mol. The second kappa shape index (κ2) is 12.9. The van der Waals surface area contributed by atoms with Gasteiger partial charge in [0.1, 0.15) is 6.61 Å². The number of unbranched alkanes of at least 4 members (excludes halogenated alkanes) is 2. The summed E-state index contributed by atoms with van der Waals surface area (Å²) in [6.45, 7) is 4.39. The van der Waals surface area contributed by atoms with Gasteiger partial charge in [0.25, 0.3) is 0 Å². The highest BCUT2D eigenvalue weighted by Gasteiger charge is 2.45. The van der Waals surface area contributed by atoms with Crippen molar-refractivity contribution >= 4 is 22.1 Å².